The molecule has 72 valence electrons. The number of aryl methyl sites for hydroxylation is 1. The average molecular weight is 179 g/mol. The minimum absolute atomic E-state index is 0.277. The van der Waals surface area contributed by atoms with Gasteiger partial charge in [0, 0.05) is 17.8 Å². The van der Waals surface area contributed by atoms with Gasteiger partial charge in [-0.05, 0) is 32.0 Å². The Morgan fingerprint density at radius 1 is 1.62 bits per heavy atom. The van der Waals surface area contributed by atoms with Gasteiger partial charge in [-0.15, -0.1) is 0 Å². The SMILES string of the molecule is CCNC(C)c1c(C)ccnc1N. The molecule has 0 radical (unpaired) electrons. The molecule has 0 aliphatic heterocycles. The van der Waals surface area contributed by atoms with E-state index in [0.717, 1.165) is 12.1 Å². The van der Waals surface area contributed by atoms with E-state index in [1.807, 2.05) is 6.07 Å². The van der Waals surface area contributed by atoms with E-state index in [2.05, 4.69) is 31.1 Å². The zero-order valence-corrected chi connectivity index (χ0v) is 8.46. The lowest BCUT2D eigenvalue weighted by molar-refractivity contribution is 0.595. The number of nitrogens with zero attached hydrogens (tertiary/aromatic N) is 1. The van der Waals surface area contributed by atoms with Gasteiger partial charge in [-0.2, -0.15) is 0 Å². The number of nitrogens with one attached hydrogen (secondary N) is 1. The first-order chi connectivity index (χ1) is 6.16. The van der Waals surface area contributed by atoms with Crippen molar-refractivity contribution in [2.24, 2.45) is 0 Å². The zero-order chi connectivity index (χ0) is 9.84. The van der Waals surface area contributed by atoms with Gasteiger partial charge in [0.25, 0.3) is 0 Å². The van der Waals surface area contributed by atoms with E-state index in [4.69, 9.17) is 5.73 Å². The second kappa shape index (κ2) is 4.23. The molecule has 1 heterocycles. The number of aromatic nitrogens is 1. The highest BCUT2D eigenvalue weighted by Gasteiger charge is 2.10. The van der Waals surface area contributed by atoms with Crippen molar-refractivity contribution in [1.82, 2.24) is 10.3 Å². The van der Waals surface area contributed by atoms with Gasteiger partial charge in [0.15, 0.2) is 0 Å². The normalized spacial score (nSPS) is 12.8. The van der Waals surface area contributed by atoms with Crippen molar-refractivity contribution in [3.8, 4) is 0 Å². The molecule has 1 aromatic heterocycles. The van der Waals surface area contributed by atoms with Crippen LogP contribution in [-0.4, -0.2) is 11.5 Å². The van der Waals surface area contributed by atoms with Crippen LogP contribution in [0.25, 0.3) is 0 Å². The van der Waals surface area contributed by atoms with Gasteiger partial charge < -0.3 is 11.1 Å². The lowest BCUT2D eigenvalue weighted by Gasteiger charge is -2.16. The molecule has 0 saturated carbocycles. The topological polar surface area (TPSA) is 50.9 Å². The maximum atomic E-state index is 5.80. The second-order valence-electron chi connectivity index (χ2n) is 3.21. The summed E-state index contributed by atoms with van der Waals surface area (Å²) in [5.74, 6) is 0.633. The zero-order valence-electron chi connectivity index (χ0n) is 8.46. The fourth-order valence-electron chi connectivity index (χ4n) is 1.56. The van der Waals surface area contributed by atoms with E-state index in [9.17, 15) is 0 Å². The summed E-state index contributed by atoms with van der Waals surface area (Å²) < 4.78 is 0. The summed E-state index contributed by atoms with van der Waals surface area (Å²) in [7, 11) is 0. The predicted molar refractivity (Wildman–Crippen MR) is 55.5 cm³/mol. The standard InChI is InChI=1S/C10H17N3/c1-4-12-8(3)9-7(2)5-6-13-10(9)11/h5-6,8,12H,4H2,1-3H3,(H2,11,13). The van der Waals surface area contributed by atoms with Crippen molar-refractivity contribution < 1.29 is 0 Å². The van der Waals surface area contributed by atoms with Gasteiger partial charge >= 0.3 is 0 Å². The van der Waals surface area contributed by atoms with Gasteiger partial charge in [-0.3, -0.25) is 0 Å². The van der Waals surface area contributed by atoms with Crippen molar-refractivity contribution in [3.63, 3.8) is 0 Å². The number of hydrogen-bond donors (Lipinski definition) is 2. The van der Waals surface area contributed by atoms with Crippen LogP contribution in [0.4, 0.5) is 5.82 Å². The second-order valence-corrected chi connectivity index (χ2v) is 3.21. The summed E-state index contributed by atoms with van der Waals surface area (Å²) in [4.78, 5) is 4.08. The summed E-state index contributed by atoms with van der Waals surface area (Å²) in [5, 5.41) is 3.32. The summed E-state index contributed by atoms with van der Waals surface area (Å²) >= 11 is 0. The molecule has 1 rings (SSSR count). The van der Waals surface area contributed by atoms with Crippen LogP contribution in [0.1, 0.15) is 31.0 Å². The third kappa shape index (κ3) is 2.18. The Hall–Kier alpha value is -1.09. The number of nitrogens with two attached hydrogens (primary N) is 1. The Kier molecular flexibility index (Phi) is 3.25. The molecule has 1 unspecified atom stereocenters. The Morgan fingerprint density at radius 3 is 2.85 bits per heavy atom. The Labute approximate surface area is 79.4 Å². The summed E-state index contributed by atoms with van der Waals surface area (Å²) in [6.45, 7) is 7.18. The Balaban J connectivity index is 2.98. The number of pyridine rings is 1. The molecule has 3 N–H and O–H groups in total. The van der Waals surface area contributed by atoms with E-state index < -0.39 is 0 Å². The molecule has 1 atom stereocenters. The molecule has 0 bridgehead atoms. The highest BCUT2D eigenvalue weighted by molar-refractivity contribution is 5.45. The molecule has 3 nitrogen and oxygen atoms in total. The monoisotopic (exact) mass is 179 g/mol. The maximum Gasteiger partial charge on any atom is 0.128 e. The van der Waals surface area contributed by atoms with Gasteiger partial charge in [-0.1, -0.05) is 6.92 Å². The molecule has 1 aromatic rings. The summed E-state index contributed by atoms with van der Waals surface area (Å²) in [5.41, 5.74) is 8.11. The number of nitrogen functional groups attached to an aromatic ring is 1. The molecule has 0 aromatic carbocycles. The van der Waals surface area contributed by atoms with E-state index in [-0.39, 0.29) is 6.04 Å². The lowest BCUT2D eigenvalue weighted by atomic mass is 10.0. The molecule has 0 spiro atoms. The number of hydrogen-bond acceptors (Lipinski definition) is 3. The van der Waals surface area contributed by atoms with Crippen molar-refractivity contribution >= 4 is 5.82 Å². The molecular weight excluding hydrogens is 162 g/mol. The first-order valence-corrected chi connectivity index (χ1v) is 4.61. The largest absolute Gasteiger partial charge is 0.383 e. The molecule has 3 heteroatoms. The van der Waals surface area contributed by atoms with Gasteiger partial charge in [0.05, 0.1) is 0 Å². The third-order valence-electron chi connectivity index (χ3n) is 2.18. The molecule has 0 amide bonds. The van der Waals surface area contributed by atoms with Crippen molar-refractivity contribution in [2.75, 3.05) is 12.3 Å². The van der Waals surface area contributed by atoms with Crippen LogP contribution in [0.3, 0.4) is 0 Å². The minimum atomic E-state index is 0.277. The molecular formula is C10H17N3. The van der Waals surface area contributed by atoms with Gasteiger partial charge in [0.1, 0.15) is 5.82 Å². The molecule has 0 fully saturated rings. The van der Waals surface area contributed by atoms with E-state index in [1.165, 1.54) is 5.56 Å². The van der Waals surface area contributed by atoms with E-state index >= 15 is 0 Å². The highest BCUT2D eigenvalue weighted by Crippen LogP contribution is 2.21. The third-order valence-corrected chi connectivity index (χ3v) is 2.18. The molecule has 0 aliphatic carbocycles. The molecule has 0 aliphatic rings. The smallest absolute Gasteiger partial charge is 0.128 e. The van der Waals surface area contributed by atoms with E-state index in [1.54, 1.807) is 6.20 Å². The first kappa shape index (κ1) is 9.99. The van der Waals surface area contributed by atoms with Crippen LogP contribution in [0.2, 0.25) is 0 Å². The highest BCUT2D eigenvalue weighted by atomic mass is 14.9. The Bertz CT molecular complexity index is 263. The van der Waals surface area contributed by atoms with Crippen LogP contribution >= 0.6 is 0 Å². The van der Waals surface area contributed by atoms with Crippen LogP contribution < -0.4 is 11.1 Å². The minimum Gasteiger partial charge on any atom is -0.383 e. The maximum absolute atomic E-state index is 5.80. The fraction of sp³-hybridized carbons (Fsp3) is 0.500. The first-order valence-electron chi connectivity index (χ1n) is 4.61. The summed E-state index contributed by atoms with van der Waals surface area (Å²) in [6, 6.07) is 2.26. The van der Waals surface area contributed by atoms with Crippen LogP contribution in [0.15, 0.2) is 12.3 Å². The van der Waals surface area contributed by atoms with Crippen LogP contribution in [-0.2, 0) is 0 Å². The van der Waals surface area contributed by atoms with Crippen molar-refractivity contribution in [2.45, 2.75) is 26.8 Å². The van der Waals surface area contributed by atoms with Gasteiger partial charge in [0.2, 0.25) is 0 Å². The molecule has 0 saturated heterocycles. The summed E-state index contributed by atoms with van der Waals surface area (Å²) in [6.07, 6.45) is 1.74. The number of rotatable bonds is 3. The van der Waals surface area contributed by atoms with Crippen LogP contribution in [0.5, 0.6) is 0 Å². The molecule has 13 heavy (non-hydrogen) atoms. The van der Waals surface area contributed by atoms with Crippen LogP contribution in [0, 0.1) is 6.92 Å². The Morgan fingerprint density at radius 2 is 2.31 bits per heavy atom. The average Bonchev–Trinajstić information content (AvgIpc) is 2.04. The van der Waals surface area contributed by atoms with E-state index in [0.29, 0.717) is 5.82 Å². The lowest BCUT2D eigenvalue weighted by Crippen LogP contribution is -2.20. The quantitative estimate of drug-likeness (QED) is 0.741. The van der Waals surface area contributed by atoms with Crippen molar-refractivity contribution in [3.05, 3.63) is 23.4 Å². The van der Waals surface area contributed by atoms with Crippen molar-refractivity contribution in [1.29, 1.82) is 0 Å². The predicted octanol–water partition coefficient (Wildman–Crippen LogP) is 1.64. The van der Waals surface area contributed by atoms with Gasteiger partial charge in [-0.25, -0.2) is 4.98 Å². The fourth-order valence-corrected chi connectivity index (χ4v) is 1.56. The number of anilines is 1.